The van der Waals surface area contributed by atoms with Gasteiger partial charge in [0.25, 0.3) is 0 Å². The third-order valence-corrected chi connectivity index (χ3v) is 5.57. The number of hydrogen-bond acceptors (Lipinski definition) is 1. The van der Waals surface area contributed by atoms with E-state index in [0.29, 0.717) is 12.5 Å². The highest BCUT2D eigenvalue weighted by atomic mass is 19.4. The molecular formula is C25H35F3N2. The molecule has 1 aliphatic rings. The Morgan fingerprint density at radius 3 is 2.47 bits per heavy atom. The van der Waals surface area contributed by atoms with Crippen LogP contribution in [0.1, 0.15) is 57.4 Å². The first kappa shape index (κ1) is 24.3. The minimum Gasteiger partial charge on any atom is -0.344 e. The van der Waals surface area contributed by atoms with Crippen LogP contribution in [0, 0.1) is 5.92 Å². The zero-order valence-electron chi connectivity index (χ0n) is 18.9. The number of aryl methyl sites for hydroxylation is 1. The Kier molecular flexibility index (Phi) is 8.78. The SMILES string of the molecule is C/C=C\C(C)CCn1c2c(c3cc(C(F)(F)F)ccc31)CN(C)CC2.C/C=C\CC. The van der Waals surface area contributed by atoms with Crippen molar-refractivity contribution in [2.75, 3.05) is 13.6 Å². The number of aromatic nitrogens is 1. The molecule has 3 rings (SSSR count). The van der Waals surface area contributed by atoms with Crippen molar-refractivity contribution < 1.29 is 13.2 Å². The molecule has 0 spiro atoms. The molecule has 1 atom stereocenters. The van der Waals surface area contributed by atoms with E-state index < -0.39 is 11.7 Å². The zero-order valence-corrected chi connectivity index (χ0v) is 18.9. The van der Waals surface area contributed by atoms with Gasteiger partial charge in [-0.1, -0.05) is 38.2 Å². The second-order valence-corrected chi connectivity index (χ2v) is 8.06. The number of nitrogens with zero attached hydrogens (tertiary/aromatic N) is 2. The number of allylic oxidation sites excluding steroid dienone is 4. The van der Waals surface area contributed by atoms with Crippen molar-refractivity contribution in [3.8, 4) is 0 Å². The van der Waals surface area contributed by atoms with Gasteiger partial charge in [-0.05, 0) is 63.4 Å². The molecule has 5 heteroatoms. The molecule has 166 valence electrons. The van der Waals surface area contributed by atoms with E-state index in [9.17, 15) is 13.2 Å². The molecule has 0 saturated carbocycles. The number of alkyl halides is 3. The van der Waals surface area contributed by atoms with Crippen LogP contribution in [0.2, 0.25) is 0 Å². The van der Waals surface area contributed by atoms with Crippen LogP contribution in [0.4, 0.5) is 13.2 Å². The summed E-state index contributed by atoms with van der Waals surface area (Å²) in [6, 6.07) is 4.19. The molecule has 0 saturated heterocycles. The fraction of sp³-hybridized carbons (Fsp3) is 0.520. The summed E-state index contributed by atoms with van der Waals surface area (Å²) in [5, 5.41) is 0.759. The van der Waals surface area contributed by atoms with Crippen molar-refractivity contribution in [2.24, 2.45) is 5.92 Å². The molecule has 0 bridgehead atoms. The average molecular weight is 421 g/mol. The van der Waals surface area contributed by atoms with Gasteiger partial charge in [0.05, 0.1) is 5.56 Å². The van der Waals surface area contributed by atoms with Crippen LogP contribution in [0.15, 0.2) is 42.5 Å². The number of likely N-dealkylation sites (N-methyl/N-ethyl adjacent to an activating group) is 1. The Hall–Kier alpha value is -2.01. The summed E-state index contributed by atoms with van der Waals surface area (Å²) in [6.07, 6.45) is 7.14. The van der Waals surface area contributed by atoms with Gasteiger partial charge >= 0.3 is 6.18 Å². The summed E-state index contributed by atoms with van der Waals surface area (Å²) in [5.74, 6) is 0.457. The predicted octanol–water partition coefficient (Wildman–Crippen LogP) is 7.22. The van der Waals surface area contributed by atoms with Gasteiger partial charge in [0, 0.05) is 42.7 Å². The summed E-state index contributed by atoms with van der Waals surface area (Å²) < 4.78 is 41.7. The second-order valence-electron chi connectivity index (χ2n) is 8.06. The van der Waals surface area contributed by atoms with Crippen LogP contribution < -0.4 is 0 Å². The summed E-state index contributed by atoms with van der Waals surface area (Å²) in [4.78, 5) is 2.18. The number of benzene rings is 1. The number of fused-ring (bicyclic) bond motifs is 3. The Morgan fingerprint density at radius 2 is 1.90 bits per heavy atom. The van der Waals surface area contributed by atoms with Crippen LogP contribution in [0.25, 0.3) is 10.9 Å². The first-order valence-corrected chi connectivity index (χ1v) is 10.9. The first-order valence-electron chi connectivity index (χ1n) is 10.9. The van der Waals surface area contributed by atoms with Gasteiger partial charge in [-0.3, -0.25) is 0 Å². The molecule has 0 radical (unpaired) electrons. The van der Waals surface area contributed by atoms with Crippen molar-refractivity contribution in [3.63, 3.8) is 0 Å². The highest BCUT2D eigenvalue weighted by Crippen LogP contribution is 2.36. The highest BCUT2D eigenvalue weighted by Gasteiger charge is 2.32. The van der Waals surface area contributed by atoms with E-state index in [2.05, 4.69) is 47.6 Å². The van der Waals surface area contributed by atoms with Crippen LogP contribution in [0.5, 0.6) is 0 Å². The van der Waals surface area contributed by atoms with Crippen LogP contribution in [-0.4, -0.2) is 23.1 Å². The lowest BCUT2D eigenvalue weighted by atomic mass is 10.0. The highest BCUT2D eigenvalue weighted by molar-refractivity contribution is 5.86. The maximum Gasteiger partial charge on any atom is 0.416 e. The van der Waals surface area contributed by atoms with Gasteiger partial charge in [-0.25, -0.2) is 0 Å². The maximum atomic E-state index is 13.1. The Labute approximate surface area is 179 Å². The van der Waals surface area contributed by atoms with Gasteiger partial charge in [0.15, 0.2) is 0 Å². The fourth-order valence-electron chi connectivity index (χ4n) is 4.01. The van der Waals surface area contributed by atoms with Crippen molar-refractivity contribution >= 4 is 10.9 Å². The van der Waals surface area contributed by atoms with E-state index in [-0.39, 0.29) is 0 Å². The van der Waals surface area contributed by atoms with Crippen molar-refractivity contribution in [3.05, 3.63) is 59.3 Å². The molecule has 30 heavy (non-hydrogen) atoms. The third kappa shape index (κ3) is 6.00. The summed E-state index contributed by atoms with van der Waals surface area (Å²) in [6.45, 7) is 10.8. The normalized spacial score (nSPS) is 16.1. The lowest BCUT2D eigenvalue weighted by molar-refractivity contribution is -0.137. The summed E-state index contributed by atoms with van der Waals surface area (Å²) in [5.41, 5.74) is 2.64. The quantitative estimate of drug-likeness (QED) is 0.464. The van der Waals surface area contributed by atoms with Crippen molar-refractivity contribution in [2.45, 2.75) is 66.2 Å². The second kappa shape index (κ2) is 10.9. The topological polar surface area (TPSA) is 8.17 Å². The molecule has 2 heterocycles. The summed E-state index contributed by atoms with van der Waals surface area (Å²) in [7, 11) is 2.02. The molecule has 0 N–H and O–H groups in total. The van der Waals surface area contributed by atoms with E-state index in [4.69, 9.17) is 0 Å². The first-order chi connectivity index (χ1) is 14.2. The molecule has 1 unspecified atom stereocenters. The van der Waals surface area contributed by atoms with E-state index in [1.807, 2.05) is 20.9 Å². The van der Waals surface area contributed by atoms with Gasteiger partial charge in [-0.15, -0.1) is 0 Å². The largest absolute Gasteiger partial charge is 0.416 e. The Morgan fingerprint density at radius 1 is 1.17 bits per heavy atom. The van der Waals surface area contributed by atoms with Gasteiger partial charge in [-0.2, -0.15) is 13.2 Å². The number of rotatable bonds is 5. The molecule has 2 nitrogen and oxygen atoms in total. The average Bonchev–Trinajstić information content (AvgIpc) is 2.99. The van der Waals surface area contributed by atoms with Gasteiger partial charge in [0.1, 0.15) is 0 Å². The minimum atomic E-state index is -4.30. The zero-order chi connectivity index (χ0) is 22.3. The predicted molar refractivity (Wildman–Crippen MR) is 121 cm³/mol. The van der Waals surface area contributed by atoms with Crippen LogP contribution in [-0.2, 0) is 25.7 Å². The molecule has 1 aliphatic heterocycles. The van der Waals surface area contributed by atoms with E-state index in [1.54, 1.807) is 6.07 Å². The van der Waals surface area contributed by atoms with Gasteiger partial charge < -0.3 is 9.47 Å². The van der Waals surface area contributed by atoms with E-state index in [1.165, 1.54) is 17.8 Å². The fourth-order valence-corrected chi connectivity index (χ4v) is 4.01. The van der Waals surface area contributed by atoms with Crippen LogP contribution >= 0.6 is 0 Å². The molecule has 0 amide bonds. The maximum absolute atomic E-state index is 13.1. The number of hydrogen-bond donors (Lipinski definition) is 0. The van der Waals surface area contributed by atoms with Crippen molar-refractivity contribution in [1.29, 1.82) is 0 Å². The molecular weight excluding hydrogens is 385 g/mol. The molecule has 0 fully saturated rings. The molecule has 1 aromatic carbocycles. The minimum absolute atomic E-state index is 0.457. The molecule has 1 aromatic heterocycles. The standard InChI is InChI=1S/C20H25F3N2.C5H10/c1-4-5-14(2)8-11-25-18-7-6-15(20(21,22)23)12-16(18)17-13-24(3)10-9-19(17)25;1-3-5-4-2/h4-7,12,14H,8-11,13H2,1-3H3;3,5H,4H2,1-2H3/b5-4-;5-3-. The summed E-state index contributed by atoms with van der Waals surface area (Å²) >= 11 is 0. The monoisotopic (exact) mass is 420 g/mol. The Bertz CT molecular complexity index is 875. The van der Waals surface area contributed by atoms with Crippen molar-refractivity contribution in [1.82, 2.24) is 9.47 Å². The molecule has 0 aliphatic carbocycles. The molecule has 2 aromatic rings. The van der Waals surface area contributed by atoms with E-state index >= 15 is 0 Å². The number of halogens is 3. The smallest absolute Gasteiger partial charge is 0.344 e. The van der Waals surface area contributed by atoms with E-state index in [0.717, 1.165) is 48.8 Å². The lowest BCUT2D eigenvalue weighted by Gasteiger charge is -2.24. The third-order valence-electron chi connectivity index (χ3n) is 5.57. The lowest BCUT2D eigenvalue weighted by Crippen LogP contribution is -2.27. The van der Waals surface area contributed by atoms with Gasteiger partial charge in [0.2, 0.25) is 0 Å². The Balaban J connectivity index is 0.000000575. The van der Waals surface area contributed by atoms with Crippen LogP contribution in [0.3, 0.4) is 0 Å².